The Kier molecular flexibility index (Phi) is 3.57. The van der Waals surface area contributed by atoms with Gasteiger partial charge < -0.3 is 5.32 Å². The molecule has 0 aromatic carbocycles. The first kappa shape index (κ1) is 13.7. The molecule has 110 valence electrons. The molecular weight excluding hydrogens is 250 g/mol. The number of aromatic nitrogens is 2. The fraction of sp³-hybridized carbons (Fsp3) is 0.750. The predicted molar refractivity (Wildman–Crippen MR) is 78.5 cm³/mol. The Morgan fingerprint density at radius 3 is 2.85 bits per heavy atom. The molecule has 1 N–H and O–H groups in total. The lowest BCUT2D eigenvalue weighted by Gasteiger charge is -2.28. The third kappa shape index (κ3) is 2.36. The van der Waals surface area contributed by atoms with Gasteiger partial charge in [-0.3, -0.25) is 9.48 Å². The maximum absolute atomic E-state index is 12.4. The number of hydrogen-bond acceptors (Lipinski definition) is 2. The van der Waals surface area contributed by atoms with E-state index >= 15 is 0 Å². The molecule has 1 amide bonds. The summed E-state index contributed by atoms with van der Waals surface area (Å²) in [6.45, 7) is 4.22. The van der Waals surface area contributed by atoms with Gasteiger partial charge >= 0.3 is 0 Å². The Morgan fingerprint density at radius 1 is 1.50 bits per heavy atom. The van der Waals surface area contributed by atoms with Crippen LogP contribution in [0.1, 0.15) is 55.7 Å². The number of carbonyl (C=O) groups excluding carboxylic acids is 1. The number of nitrogens with zero attached hydrogens (tertiary/aromatic N) is 2. The van der Waals surface area contributed by atoms with Gasteiger partial charge in [0.25, 0.3) is 5.91 Å². The molecule has 4 nitrogen and oxygen atoms in total. The normalized spacial score (nSPS) is 29.6. The van der Waals surface area contributed by atoms with Gasteiger partial charge in [0.2, 0.25) is 0 Å². The Hall–Kier alpha value is -1.32. The van der Waals surface area contributed by atoms with E-state index in [1.807, 2.05) is 13.1 Å². The predicted octanol–water partition coefficient (Wildman–Crippen LogP) is 2.54. The fourth-order valence-electron chi connectivity index (χ4n) is 4.21. The van der Waals surface area contributed by atoms with Crippen LogP contribution in [0.4, 0.5) is 0 Å². The molecule has 0 saturated heterocycles. The molecule has 2 aliphatic carbocycles. The zero-order valence-corrected chi connectivity index (χ0v) is 12.7. The molecule has 4 heteroatoms. The SMILES string of the molecule is CCc1cc(C(=O)N[C@H](C)[C@H]2C[C@H]3CC[C@H]2C3)n(C)n1. The summed E-state index contributed by atoms with van der Waals surface area (Å²) in [6, 6.07) is 2.18. The molecule has 0 spiro atoms. The van der Waals surface area contributed by atoms with E-state index in [4.69, 9.17) is 0 Å². The van der Waals surface area contributed by atoms with Crippen LogP contribution in [-0.4, -0.2) is 21.7 Å². The van der Waals surface area contributed by atoms with Gasteiger partial charge in [0.1, 0.15) is 5.69 Å². The standard InChI is InChI=1S/C16H25N3O/c1-4-13-9-15(19(3)18-13)16(20)17-10(2)14-8-11-5-6-12(14)7-11/h9-12,14H,4-8H2,1-3H3,(H,17,20)/t10-,11+,12+,14-/m1/s1. The van der Waals surface area contributed by atoms with E-state index in [1.165, 1.54) is 25.7 Å². The van der Waals surface area contributed by atoms with Crippen molar-refractivity contribution in [1.29, 1.82) is 0 Å². The topological polar surface area (TPSA) is 46.9 Å². The van der Waals surface area contributed by atoms with Crippen molar-refractivity contribution in [3.63, 3.8) is 0 Å². The van der Waals surface area contributed by atoms with Crippen molar-refractivity contribution < 1.29 is 4.79 Å². The highest BCUT2D eigenvalue weighted by Crippen LogP contribution is 2.49. The quantitative estimate of drug-likeness (QED) is 0.918. The molecule has 1 aromatic rings. The van der Waals surface area contributed by atoms with Crippen LogP contribution >= 0.6 is 0 Å². The van der Waals surface area contributed by atoms with Gasteiger partial charge in [-0.25, -0.2) is 0 Å². The monoisotopic (exact) mass is 275 g/mol. The van der Waals surface area contributed by atoms with Crippen molar-refractivity contribution in [2.24, 2.45) is 24.8 Å². The number of rotatable bonds is 4. The van der Waals surface area contributed by atoms with Crippen LogP contribution in [-0.2, 0) is 13.5 Å². The molecule has 4 atom stereocenters. The summed E-state index contributed by atoms with van der Waals surface area (Å²) in [5.41, 5.74) is 1.65. The highest BCUT2D eigenvalue weighted by atomic mass is 16.2. The Bertz CT molecular complexity index is 508. The molecule has 2 bridgehead atoms. The van der Waals surface area contributed by atoms with Crippen molar-refractivity contribution in [3.05, 3.63) is 17.5 Å². The third-order valence-electron chi connectivity index (χ3n) is 5.32. The molecule has 20 heavy (non-hydrogen) atoms. The van der Waals surface area contributed by atoms with E-state index in [1.54, 1.807) is 4.68 Å². The summed E-state index contributed by atoms with van der Waals surface area (Å²) < 4.78 is 1.70. The summed E-state index contributed by atoms with van der Waals surface area (Å²) in [6.07, 6.45) is 6.32. The summed E-state index contributed by atoms with van der Waals surface area (Å²) >= 11 is 0. The minimum absolute atomic E-state index is 0.0231. The van der Waals surface area contributed by atoms with Gasteiger partial charge in [-0.2, -0.15) is 5.10 Å². The third-order valence-corrected chi connectivity index (χ3v) is 5.32. The molecule has 2 aliphatic rings. The van der Waals surface area contributed by atoms with Gasteiger partial charge in [-0.1, -0.05) is 13.3 Å². The second-order valence-corrected chi connectivity index (χ2v) is 6.60. The fourth-order valence-corrected chi connectivity index (χ4v) is 4.21. The smallest absolute Gasteiger partial charge is 0.269 e. The summed E-state index contributed by atoms with van der Waals surface area (Å²) in [5, 5.41) is 7.55. The summed E-state index contributed by atoms with van der Waals surface area (Å²) in [7, 11) is 1.84. The Labute approximate surface area is 120 Å². The number of amides is 1. The first-order valence-corrected chi connectivity index (χ1v) is 7.92. The van der Waals surface area contributed by atoms with Crippen LogP contribution in [0.5, 0.6) is 0 Å². The van der Waals surface area contributed by atoms with Crippen LogP contribution in [0.3, 0.4) is 0 Å². The molecule has 0 radical (unpaired) electrons. The summed E-state index contributed by atoms with van der Waals surface area (Å²) in [5.74, 6) is 2.47. The lowest BCUT2D eigenvalue weighted by atomic mass is 9.84. The maximum atomic E-state index is 12.4. The van der Waals surface area contributed by atoms with Crippen molar-refractivity contribution in [2.45, 2.75) is 52.0 Å². The zero-order valence-electron chi connectivity index (χ0n) is 12.7. The van der Waals surface area contributed by atoms with Crippen LogP contribution in [0.2, 0.25) is 0 Å². The van der Waals surface area contributed by atoms with Crippen LogP contribution in [0.25, 0.3) is 0 Å². The van der Waals surface area contributed by atoms with E-state index < -0.39 is 0 Å². The second kappa shape index (κ2) is 5.23. The number of fused-ring (bicyclic) bond motifs is 2. The Balaban J connectivity index is 1.64. The van der Waals surface area contributed by atoms with E-state index in [0.29, 0.717) is 11.6 Å². The molecule has 3 rings (SSSR count). The number of nitrogens with one attached hydrogen (secondary N) is 1. The number of aryl methyl sites for hydroxylation is 2. The molecular formula is C16H25N3O. The van der Waals surface area contributed by atoms with Gasteiger partial charge in [-0.15, -0.1) is 0 Å². The van der Waals surface area contributed by atoms with Gasteiger partial charge in [-0.05, 0) is 56.4 Å². The average molecular weight is 275 g/mol. The van der Waals surface area contributed by atoms with E-state index in [-0.39, 0.29) is 11.9 Å². The largest absolute Gasteiger partial charge is 0.348 e. The minimum atomic E-state index is 0.0231. The van der Waals surface area contributed by atoms with E-state index in [9.17, 15) is 4.79 Å². The highest BCUT2D eigenvalue weighted by molar-refractivity contribution is 5.92. The number of carbonyl (C=O) groups is 1. The van der Waals surface area contributed by atoms with Gasteiger partial charge in [0.15, 0.2) is 0 Å². The lowest BCUT2D eigenvalue weighted by Crippen LogP contribution is -2.40. The van der Waals surface area contributed by atoms with Crippen LogP contribution in [0, 0.1) is 17.8 Å². The lowest BCUT2D eigenvalue weighted by molar-refractivity contribution is 0.0905. The first-order valence-electron chi connectivity index (χ1n) is 7.92. The Morgan fingerprint density at radius 2 is 2.30 bits per heavy atom. The highest BCUT2D eigenvalue weighted by Gasteiger charge is 2.42. The van der Waals surface area contributed by atoms with E-state index in [0.717, 1.165) is 24.0 Å². The molecule has 0 aliphatic heterocycles. The van der Waals surface area contributed by atoms with Crippen LogP contribution < -0.4 is 5.32 Å². The molecule has 2 fully saturated rings. The van der Waals surface area contributed by atoms with Crippen molar-refractivity contribution in [1.82, 2.24) is 15.1 Å². The van der Waals surface area contributed by atoms with Gasteiger partial charge in [0, 0.05) is 13.1 Å². The molecule has 0 unspecified atom stereocenters. The zero-order chi connectivity index (χ0) is 14.3. The van der Waals surface area contributed by atoms with Crippen molar-refractivity contribution in [2.75, 3.05) is 0 Å². The molecule has 2 saturated carbocycles. The molecule has 1 aromatic heterocycles. The van der Waals surface area contributed by atoms with Gasteiger partial charge in [0.05, 0.1) is 5.69 Å². The molecule has 1 heterocycles. The second-order valence-electron chi connectivity index (χ2n) is 6.60. The minimum Gasteiger partial charge on any atom is -0.348 e. The van der Waals surface area contributed by atoms with Crippen LogP contribution in [0.15, 0.2) is 6.07 Å². The average Bonchev–Trinajstić information content (AvgIpc) is 3.12. The van der Waals surface area contributed by atoms with E-state index in [2.05, 4.69) is 24.3 Å². The first-order chi connectivity index (χ1) is 9.58. The summed E-state index contributed by atoms with van der Waals surface area (Å²) in [4.78, 5) is 12.4. The maximum Gasteiger partial charge on any atom is 0.269 e. The number of hydrogen-bond donors (Lipinski definition) is 1. The van der Waals surface area contributed by atoms with Crippen molar-refractivity contribution >= 4 is 5.91 Å². The van der Waals surface area contributed by atoms with Crippen molar-refractivity contribution in [3.8, 4) is 0 Å².